The Bertz CT molecular complexity index is 456. The second kappa shape index (κ2) is 5.18. The molecule has 2 rings (SSSR count). The Hall–Kier alpha value is -1.23. The number of amides is 1. The quantitative estimate of drug-likeness (QED) is 0.795. The van der Waals surface area contributed by atoms with Crippen molar-refractivity contribution in [3.8, 4) is 0 Å². The summed E-state index contributed by atoms with van der Waals surface area (Å²) >= 11 is 1.87. The molecule has 98 valence electrons. The van der Waals surface area contributed by atoms with Crippen LogP contribution in [-0.4, -0.2) is 34.4 Å². The summed E-state index contributed by atoms with van der Waals surface area (Å²) in [5.74, 6) is -0.606. The molecule has 1 heterocycles. The van der Waals surface area contributed by atoms with E-state index < -0.39 is 5.82 Å². The molecule has 1 fully saturated rings. The van der Waals surface area contributed by atoms with E-state index in [9.17, 15) is 9.18 Å². The van der Waals surface area contributed by atoms with Crippen LogP contribution in [0.4, 0.5) is 10.1 Å². The van der Waals surface area contributed by atoms with E-state index in [4.69, 9.17) is 5.73 Å². The van der Waals surface area contributed by atoms with Crippen molar-refractivity contribution in [1.29, 1.82) is 0 Å². The summed E-state index contributed by atoms with van der Waals surface area (Å²) < 4.78 is 13.2. The third-order valence-corrected chi connectivity index (χ3v) is 4.18. The highest BCUT2D eigenvalue weighted by Gasteiger charge is 2.27. The predicted octanol–water partition coefficient (Wildman–Crippen LogP) is 2.37. The van der Waals surface area contributed by atoms with Gasteiger partial charge in [-0.25, -0.2) is 4.39 Å². The molecule has 0 spiro atoms. The topological polar surface area (TPSA) is 46.3 Å². The summed E-state index contributed by atoms with van der Waals surface area (Å²) in [5, 5.41) is 0.792. The maximum atomic E-state index is 13.2. The van der Waals surface area contributed by atoms with E-state index in [2.05, 4.69) is 13.8 Å². The van der Waals surface area contributed by atoms with Crippen LogP contribution in [0.1, 0.15) is 24.2 Å². The molecule has 1 amide bonds. The molecule has 1 aliphatic rings. The molecule has 0 saturated carbocycles. The van der Waals surface area contributed by atoms with E-state index in [1.54, 1.807) is 4.90 Å². The second-order valence-electron chi connectivity index (χ2n) is 4.70. The van der Waals surface area contributed by atoms with E-state index in [-0.39, 0.29) is 11.5 Å². The van der Waals surface area contributed by atoms with Crippen molar-refractivity contribution in [2.75, 3.05) is 18.8 Å². The van der Waals surface area contributed by atoms with Crippen molar-refractivity contribution in [1.82, 2.24) is 4.90 Å². The van der Waals surface area contributed by atoms with Gasteiger partial charge in [-0.05, 0) is 18.2 Å². The van der Waals surface area contributed by atoms with Gasteiger partial charge in [-0.2, -0.15) is 11.8 Å². The lowest BCUT2D eigenvalue weighted by Gasteiger charge is -2.34. The fourth-order valence-electron chi connectivity index (χ4n) is 2.23. The Morgan fingerprint density at radius 3 is 2.61 bits per heavy atom. The number of hydrogen-bond donors (Lipinski definition) is 1. The molecule has 0 radical (unpaired) electrons. The van der Waals surface area contributed by atoms with Gasteiger partial charge in [-0.1, -0.05) is 13.8 Å². The minimum atomic E-state index is -0.431. The van der Waals surface area contributed by atoms with Crippen LogP contribution in [0.2, 0.25) is 0 Å². The summed E-state index contributed by atoms with van der Waals surface area (Å²) in [5.41, 5.74) is 6.35. The van der Waals surface area contributed by atoms with E-state index in [0.717, 1.165) is 0 Å². The Labute approximate surface area is 111 Å². The number of hydrogen-bond acceptors (Lipinski definition) is 3. The zero-order valence-electron chi connectivity index (χ0n) is 10.5. The van der Waals surface area contributed by atoms with Gasteiger partial charge in [0.05, 0.1) is 5.56 Å². The van der Waals surface area contributed by atoms with Crippen LogP contribution in [-0.2, 0) is 0 Å². The fourth-order valence-corrected chi connectivity index (χ4v) is 3.55. The first-order chi connectivity index (χ1) is 8.47. The molecule has 0 aliphatic carbocycles. The molecule has 5 heteroatoms. The average molecular weight is 268 g/mol. The number of nitrogens with zero attached hydrogens (tertiary/aromatic N) is 1. The molecular weight excluding hydrogens is 251 g/mol. The van der Waals surface area contributed by atoms with Gasteiger partial charge in [0, 0.05) is 29.3 Å². The minimum Gasteiger partial charge on any atom is -0.398 e. The third kappa shape index (κ3) is 2.77. The lowest BCUT2D eigenvalue weighted by atomic mass is 10.1. The first-order valence-electron chi connectivity index (χ1n) is 5.97. The highest BCUT2D eigenvalue weighted by molar-refractivity contribution is 8.00. The maximum absolute atomic E-state index is 13.2. The van der Waals surface area contributed by atoms with Crippen molar-refractivity contribution in [2.45, 2.75) is 24.3 Å². The molecule has 18 heavy (non-hydrogen) atoms. The fraction of sp³-hybridized carbons (Fsp3) is 0.462. The van der Waals surface area contributed by atoms with Crippen LogP contribution in [0.25, 0.3) is 0 Å². The summed E-state index contributed by atoms with van der Waals surface area (Å²) in [6, 6.07) is 3.92. The van der Waals surface area contributed by atoms with Gasteiger partial charge < -0.3 is 10.6 Å². The standard InChI is InChI=1S/C13H17FN2OS/c1-8-6-16(7-9(2)18-8)13(17)11-5-10(14)3-4-12(11)15/h3-5,8-9H,6-7,15H2,1-2H3. The zero-order chi connectivity index (χ0) is 13.3. The van der Waals surface area contributed by atoms with Gasteiger partial charge >= 0.3 is 0 Å². The molecule has 1 aromatic carbocycles. The van der Waals surface area contributed by atoms with E-state index in [1.807, 2.05) is 11.8 Å². The van der Waals surface area contributed by atoms with Crippen molar-refractivity contribution in [3.05, 3.63) is 29.6 Å². The number of nitrogen functional groups attached to an aromatic ring is 1. The van der Waals surface area contributed by atoms with Crippen molar-refractivity contribution < 1.29 is 9.18 Å². The number of nitrogens with two attached hydrogens (primary N) is 1. The lowest BCUT2D eigenvalue weighted by molar-refractivity contribution is 0.0754. The van der Waals surface area contributed by atoms with E-state index >= 15 is 0 Å². The Balaban J connectivity index is 2.22. The summed E-state index contributed by atoms with van der Waals surface area (Å²) in [6.45, 7) is 5.55. The molecule has 0 aromatic heterocycles. The number of thioether (sulfide) groups is 1. The molecule has 3 nitrogen and oxygen atoms in total. The van der Waals surface area contributed by atoms with Gasteiger partial charge in [0.1, 0.15) is 5.82 Å². The Morgan fingerprint density at radius 1 is 1.39 bits per heavy atom. The number of halogens is 1. The SMILES string of the molecule is CC1CN(C(=O)c2cc(F)ccc2N)CC(C)S1. The Kier molecular flexibility index (Phi) is 3.80. The molecule has 1 saturated heterocycles. The summed E-state index contributed by atoms with van der Waals surface area (Å²) in [6.07, 6.45) is 0. The minimum absolute atomic E-state index is 0.175. The molecule has 2 N–H and O–H groups in total. The van der Waals surface area contributed by atoms with Crippen molar-refractivity contribution in [3.63, 3.8) is 0 Å². The van der Waals surface area contributed by atoms with Gasteiger partial charge in [-0.3, -0.25) is 4.79 Å². The molecule has 2 atom stereocenters. The molecular formula is C13H17FN2OS. The number of benzene rings is 1. The van der Waals surface area contributed by atoms with Crippen LogP contribution < -0.4 is 5.73 Å². The molecule has 1 aromatic rings. The lowest BCUT2D eigenvalue weighted by Crippen LogP contribution is -2.44. The number of carbonyl (C=O) groups excluding carboxylic acids is 1. The van der Waals surface area contributed by atoms with Crippen LogP contribution in [0.5, 0.6) is 0 Å². The normalized spacial score (nSPS) is 24.1. The molecule has 0 bridgehead atoms. The number of carbonyl (C=O) groups is 1. The van der Waals surface area contributed by atoms with Crippen LogP contribution >= 0.6 is 11.8 Å². The maximum Gasteiger partial charge on any atom is 0.256 e. The Morgan fingerprint density at radius 2 is 2.00 bits per heavy atom. The number of anilines is 1. The van der Waals surface area contributed by atoms with Gasteiger partial charge in [0.2, 0.25) is 0 Å². The van der Waals surface area contributed by atoms with E-state index in [1.165, 1.54) is 18.2 Å². The van der Waals surface area contributed by atoms with Gasteiger partial charge in [0.15, 0.2) is 0 Å². The van der Waals surface area contributed by atoms with Gasteiger partial charge in [-0.15, -0.1) is 0 Å². The largest absolute Gasteiger partial charge is 0.398 e. The van der Waals surface area contributed by atoms with E-state index in [0.29, 0.717) is 29.3 Å². The molecule has 2 unspecified atom stereocenters. The summed E-state index contributed by atoms with van der Waals surface area (Å²) in [4.78, 5) is 14.1. The first-order valence-corrected chi connectivity index (χ1v) is 6.91. The van der Waals surface area contributed by atoms with Crippen LogP contribution in [0.15, 0.2) is 18.2 Å². The van der Waals surface area contributed by atoms with Crippen LogP contribution in [0.3, 0.4) is 0 Å². The van der Waals surface area contributed by atoms with Crippen molar-refractivity contribution >= 4 is 23.4 Å². The number of rotatable bonds is 1. The predicted molar refractivity (Wildman–Crippen MR) is 73.2 cm³/mol. The molecule has 1 aliphatic heterocycles. The first kappa shape index (κ1) is 13.2. The highest BCUT2D eigenvalue weighted by atomic mass is 32.2. The van der Waals surface area contributed by atoms with Crippen LogP contribution in [0, 0.1) is 5.82 Å². The third-order valence-electron chi connectivity index (χ3n) is 2.95. The summed E-state index contributed by atoms with van der Waals surface area (Å²) in [7, 11) is 0. The zero-order valence-corrected chi connectivity index (χ0v) is 11.3. The highest BCUT2D eigenvalue weighted by Crippen LogP contribution is 2.26. The average Bonchev–Trinajstić information content (AvgIpc) is 2.30. The smallest absolute Gasteiger partial charge is 0.256 e. The monoisotopic (exact) mass is 268 g/mol. The second-order valence-corrected chi connectivity index (χ2v) is 6.58. The van der Waals surface area contributed by atoms with Crippen molar-refractivity contribution in [2.24, 2.45) is 0 Å². The van der Waals surface area contributed by atoms with Gasteiger partial charge in [0.25, 0.3) is 5.91 Å².